The van der Waals surface area contributed by atoms with Gasteiger partial charge in [0, 0.05) is 6.42 Å². The number of rotatable bonds is 2. The molecular weight excluding hydrogens is 293 g/mol. The molecule has 0 radical (unpaired) electrons. The number of hydrogen-bond acceptors (Lipinski definition) is 0. The first kappa shape index (κ1) is 11.0. The van der Waals surface area contributed by atoms with E-state index in [2.05, 4.69) is 30.6 Å². The van der Waals surface area contributed by atoms with Crippen LogP contribution in [0.25, 0.3) is 0 Å². The van der Waals surface area contributed by atoms with E-state index in [9.17, 15) is 13.2 Å². The van der Waals surface area contributed by atoms with Gasteiger partial charge in [-0.3, -0.25) is 0 Å². The van der Waals surface area contributed by atoms with Crippen LogP contribution >= 0.6 is 30.6 Å². The Kier molecular flexibility index (Phi) is 3.92. The SMILES string of the molecule is C[Si](Br)(Br)CCC(F)(F)F. The van der Waals surface area contributed by atoms with Crippen LogP contribution < -0.4 is 0 Å². The molecule has 0 fully saturated rings. The summed E-state index contributed by atoms with van der Waals surface area (Å²) in [5, 5.41) is -1.86. The van der Waals surface area contributed by atoms with Crippen LogP contribution in [-0.4, -0.2) is 11.5 Å². The van der Waals surface area contributed by atoms with Crippen molar-refractivity contribution in [3.05, 3.63) is 0 Å². The highest BCUT2D eigenvalue weighted by Crippen LogP contribution is 2.32. The number of alkyl halides is 3. The molecule has 62 valence electrons. The van der Waals surface area contributed by atoms with Gasteiger partial charge in [-0.2, -0.15) is 13.2 Å². The van der Waals surface area contributed by atoms with Crippen LogP contribution in [0.15, 0.2) is 0 Å². The van der Waals surface area contributed by atoms with Crippen molar-refractivity contribution < 1.29 is 13.2 Å². The van der Waals surface area contributed by atoms with Crippen molar-refractivity contribution in [1.82, 2.24) is 0 Å². The summed E-state index contributed by atoms with van der Waals surface area (Å²) in [6.07, 6.45) is -4.72. The van der Waals surface area contributed by atoms with E-state index >= 15 is 0 Å². The second kappa shape index (κ2) is 3.58. The third-order valence-corrected chi connectivity index (χ3v) is 4.35. The second-order valence-corrected chi connectivity index (χ2v) is 18.5. The summed E-state index contributed by atoms with van der Waals surface area (Å²) in [4.78, 5) is 0. The molecule has 0 atom stereocenters. The standard InChI is InChI=1S/C4H7Br2F3Si/c1-10(5,6)3-2-4(7,8)9/h2-3H2,1H3. The van der Waals surface area contributed by atoms with E-state index < -0.39 is 17.9 Å². The summed E-state index contributed by atoms with van der Waals surface area (Å²) in [6, 6.07) is 0.177. The Morgan fingerprint density at radius 2 is 1.70 bits per heavy atom. The van der Waals surface area contributed by atoms with Gasteiger partial charge in [0.1, 0.15) is 0 Å². The van der Waals surface area contributed by atoms with E-state index in [0.29, 0.717) is 0 Å². The molecule has 0 nitrogen and oxygen atoms in total. The Hall–Kier alpha value is 0.967. The van der Waals surface area contributed by atoms with Gasteiger partial charge in [-0.05, 0) is 6.04 Å². The summed E-state index contributed by atoms with van der Waals surface area (Å²) in [5.41, 5.74) is 0. The summed E-state index contributed by atoms with van der Waals surface area (Å²) in [7, 11) is 0. The quantitative estimate of drug-likeness (QED) is 0.537. The number of hydrogen-bond donors (Lipinski definition) is 0. The molecule has 0 rings (SSSR count). The Balaban J connectivity index is 3.56. The van der Waals surface area contributed by atoms with Crippen LogP contribution in [0.3, 0.4) is 0 Å². The van der Waals surface area contributed by atoms with E-state index in [1.807, 2.05) is 0 Å². The Morgan fingerprint density at radius 3 is 1.80 bits per heavy atom. The van der Waals surface area contributed by atoms with Gasteiger partial charge >= 0.3 is 6.18 Å². The molecular formula is C4H7Br2F3Si. The third-order valence-electron chi connectivity index (χ3n) is 0.847. The molecule has 0 heterocycles. The fourth-order valence-corrected chi connectivity index (χ4v) is 2.27. The molecule has 0 aromatic heterocycles. The molecule has 0 saturated heterocycles. The molecule has 0 bridgehead atoms. The lowest BCUT2D eigenvalue weighted by Crippen LogP contribution is -2.16. The first-order chi connectivity index (χ1) is 4.21. The molecule has 0 aromatic carbocycles. The minimum absolute atomic E-state index is 0.177. The van der Waals surface area contributed by atoms with Gasteiger partial charge in [-0.15, -0.1) is 30.6 Å². The largest absolute Gasteiger partial charge is 0.388 e. The lowest BCUT2D eigenvalue weighted by atomic mass is 10.5. The fraction of sp³-hybridized carbons (Fsp3) is 1.00. The van der Waals surface area contributed by atoms with Gasteiger partial charge in [0.25, 0.3) is 0 Å². The van der Waals surface area contributed by atoms with Gasteiger partial charge in [0.15, 0.2) is 5.31 Å². The highest BCUT2D eigenvalue weighted by Gasteiger charge is 2.31. The predicted octanol–water partition coefficient (Wildman–Crippen LogP) is 3.80. The fourth-order valence-electron chi connectivity index (χ4n) is 0.361. The van der Waals surface area contributed by atoms with Crippen LogP contribution in [-0.2, 0) is 0 Å². The van der Waals surface area contributed by atoms with Crippen LogP contribution in [0.2, 0.25) is 12.6 Å². The van der Waals surface area contributed by atoms with Gasteiger partial charge in [0.05, 0.1) is 0 Å². The maximum atomic E-state index is 11.6. The van der Waals surface area contributed by atoms with Crippen molar-refractivity contribution in [2.45, 2.75) is 25.2 Å². The van der Waals surface area contributed by atoms with Gasteiger partial charge in [0.2, 0.25) is 0 Å². The average molecular weight is 300 g/mol. The van der Waals surface area contributed by atoms with E-state index in [0.717, 1.165) is 0 Å². The van der Waals surface area contributed by atoms with Crippen molar-refractivity contribution in [1.29, 1.82) is 0 Å². The molecule has 6 heteroatoms. The summed E-state index contributed by atoms with van der Waals surface area (Å²) < 4.78 is 34.7. The molecule has 0 spiro atoms. The predicted molar refractivity (Wildman–Crippen MR) is 45.0 cm³/mol. The molecule has 0 N–H and O–H groups in total. The maximum absolute atomic E-state index is 11.6. The summed E-state index contributed by atoms with van der Waals surface area (Å²) in [6.45, 7) is 1.78. The van der Waals surface area contributed by atoms with Crippen LogP contribution in [0.4, 0.5) is 13.2 Å². The van der Waals surface area contributed by atoms with E-state index in [-0.39, 0.29) is 6.04 Å². The zero-order chi connectivity index (χ0) is 8.41. The van der Waals surface area contributed by atoms with Crippen molar-refractivity contribution in [2.24, 2.45) is 0 Å². The van der Waals surface area contributed by atoms with Crippen molar-refractivity contribution in [3.63, 3.8) is 0 Å². The van der Waals surface area contributed by atoms with Crippen molar-refractivity contribution >= 4 is 35.9 Å². The van der Waals surface area contributed by atoms with E-state index in [4.69, 9.17) is 0 Å². The topological polar surface area (TPSA) is 0 Å². The number of halogens is 5. The molecule has 0 aliphatic carbocycles. The Morgan fingerprint density at radius 1 is 1.30 bits per heavy atom. The smallest absolute Gasteiger partial charge is 0.171 e. The zero-order valence-corrected chi connectivity index (χ0v) is 9.48. The molecule has 0 unspecified atom stereocenters. The van der Waals surface area contributed by atoms with E-state index in [1.54, 1.807) is 6.55 Å². The molecule has 0 aromatic rings. The first-order valence-electron chi connectivity index (χ1n) is 2.65. The highest BCUT2D eigenvalue weighted by molar-refractivity contribution is 9.51. The second-order valence-electron chi connectivity index (χ2n) is 2.19. The van der Waals surface area contributed by atoms with Gasteiger partial charge in [-0.1, -0.05) is 6.55 Å². The minimum Gasteiger partial charge on any atom is -0.171 e. The van der Waals surface area contributed by atoms with E-state index in [1.165, 1.54) is 0 Å². The Bertz CT molecular complexity index is 92.1. The minimum atomic E-state index is -4.02. The average Bonchev–Trinajstić information content (AvgIpc) is 1.57. The van der Waals surface area contributed by atoms with Crippen molar-refractivity contribution in [3.8, 4) is 0 Å². The van der Waals surface area contributed by atoms with Crippen LogP contribution in [0, 0.1) is 0 Å². The molecule has 0 saturated carbocycles. The highest BCUT2D eigenvalue weighted by atomic mass is 79.9. The Labute approximate surface area is 74.3 Å². The third kappa shape index (κ3) is 8.97. The zero-order valence-electron chi connectivity index (χ0n) is 5.30. The lowest BCUT2D eigenvalue weighted by molar-refractivity contribution is -0.130. The van der Waals surface area contributed by atoms with Crippen molar-refractivity contribution in [2.75, 3.05) is 0 Å². The van der Waals surface area contributed by atoms with Gasteiger partial charge < -0.3 is 0 Å². The maximum Gasteiger partial charge on any atom is 0.388 e. The monoisotopic (exact) mass is 298 g/mol. The molecule has 10 heavy (non-hydrogen) atoms. The van der Waals surface area contributed by atoms with Gasteiger partial charge in [-0.25, -0.2) is 0 Å². The van der Waals surface area contributed by atoms with Crippen LogP contribution in [0.5, 0.6) is 0 Å². The normalized spacial score (nSPS) is 13.8. The lowest BCUT2D eigenvalue weighted by Gasteiger charge is -2.12. The molecule has 0 amide bonds. The van der Waals surface area contributed by atoms with Crippen LogP contribution in [0.1, 0.15) is 6.42 Å². The summed E-state index contributed by atoms with van der Waals surface area (Å²) in [5.74, 6) is 0. The molecule has 0 aliphatic heterocycles. The first-order valence-corrected chi connectivity index (χ1v) is 9.87. The summed E-state index contributed by atoms with van der Waals surface area (Å²) >= 11 is 6.37. The molecule has 0 aliphatic rings.